The molecule has 4 rings (SSSR count). The molecule has 2 aromatic heterocycles. The van der Waals surface area contributed by atoms with Gasteiger partial charge in [0.05, 0.1) is 12.0 Å². The number of hydrogen-bond donors (Lipinski definition) is 2. The minimum atomic E-state index is -0.437. The van der Waals surface area contributed by atoms with Crippen LogP contribution in [0, 0.1) is 0 Å². The molecule has 0 aromatic carbocycles. The highest BCUT2D eigenvalue weighted by atomic mass is 32.1. The van der Waals surface area contributed by atoms with Crippen LogP contribution in [0.2, 0.25) is 0 Å². The molecule has 1 atom stereocenters. The molecule has 0 bridgehead atoms. The highest BCUT2D eigenvalue weighted by Crippen LogP contribution is 2.46. The van der Waals surface area contributed by atoms with Crippen LogP contribution in [0.4, 0.5) is 0 Å². The third-order valence-electron chi connectivity index (χ3n) is 5.62. The molecular formula is C19H26N4O3S. The van der Waals surface area contributed by atoms with Crippen molar-refractivity contribution in [2.24, 2.45) is 5.73 Å². The first-order chi connectivity index (χ1) is 13.2. The van der Waals surface area contributed by atoms with Gasteiger partial charge in [0.1, 0.15) is 23.9 Å². The Labute approximate surface area is 162 Å². The summed E-state index contributed by atoms with van der Waals surface area (Å²) in [5.41, 5.74) is 6.43. The van der Waals surface area contributed by atoms with Crippen molar-refractivity contribution in [2.45, 2.75) is 56.6 Å². The number of amides is 1. The monoisotopic (exact) mass is 390 g/mol. The summed E-state index contributed by atoms with van der Waals surface area (Å²) in [7, 11) is 2.02. The van der Waals surface area contributed by atoms with Gasteiger partial charge in [-0.1, -0.05) is 0 Å². The minimum Gasteiger partial charge on any atom is -0.474 e. The zero-order chi connectivity index (χ0) is 18.8. The largest absolute Gasteiger partial charge is 0.474 e. The summed E-state index contributed by atoms with van der Waals surface area (Å²) in [4.78, 5) is 22.2. The van der Waals surface area contributed by atoms with Gasteiger partial charge in [0, 0.05) is 16.8 Å². The maximum absolute atomic E-state index is 11.0. The second kappa shape index (κ2) is 8.08. The summed E-state index contributed by atoms with van der Waals surface area (Å²) in [6.45, 7) is 0.450. The quantitative estimate of drug-likeness (QED) is 0.751. The van der Waals surface area contributed by atoms with E-state index in [9.17, 15) is 4.79 Å². The number of nitrogens with zero attached hydrogens (tertiary/aromatic N) is 2. The van der Waals surface area contributed by atoms with Crippen molar-refractivity contribution >= 4 is 27.5 Å². The average Bonchev–Trinajstić information content (AvgIpc) is 3.22. The van der Waals surface area contributed by atoms with Gasteiger partial charge in [-0.25, -0.2) is 9.97 Å². The number of ether oxygens (including phenoxy) is 2. The van der Waals surface area contributed by atoms with E-state index in [0.29, 0.717) is 18.5 Å². The molecular weight excluding hydrogens is 364 g/mol. The lowest BCUT2D eigenvalue weighted by molar-refractivity contribution is -0.122. The number of carbonyl (C=O) groups is 1. The number of thiophene rings is 1. The fourth-order valence-corrected chi connectivity index (χ4v) is 5.46. The van der Waals surface area contributed by atoms with Gasteiger partial charge in [0.2, 0.25) is 11.8 Å². The Morgan fingerprint density at radius 3 is 2.85 bits per heavy atom. The van der Waals surface area contributed by atoms with Gasteiger partial charge in [-0.2, -0.15) is 0 Å². The van der Waals surface area contributed by atoms with Crippen molar-refractivity contribution in [1.29, 1.82) is 0 Å². The third-order valence-corrected chi connectivity index (χ3v) is 6.79. The van der Waals surface area contributed by atoms with E-state index in [1.165, 1.54) is 10.4 Å². The predicted octanol–water partition coefficient (Wildman–Crippen LogP) is 2.13. The molecule has 0 radical (unpaired) electrons. The van der Waals surface area contributed by atoms with Crippen LogP contribution in [-0.4, -0.2) is 48.3 Å². The Morgan fingerprint density at radius 2 is 2.11 bits per heavy atom. The van der Waals surface area contributed by atoms with E-state index in [4.69, 9.17) is 15.2 Å². The summed E-state index contributed by atoms with van der Waals surface area (Å²) in [5, 5.41) is 4.39. The highest BCUT2D eigenvalue weighted by Gasteiger charge is 2.31. The molecule has 0 spiro atoms. The molecule has 0 unspecified atom stereocenters. The van der Waals surface area contributed by atoms with E-state index < -0.39 is 5.91 Å². The average molecular weight is 391 g/mol. The fourth-order valence-electron chi connectivity index (χ4n) is 4.23. The zero-order valence-corrected chi connectivity index (χ0v) is 16.4. The van der Waals surface area contributed by atoms with Crippen molar-refractivity contribution in [3.8, 4) is 5.88 Å². The maximum Gasteiger partial charge on any atom is 0.243 e. The number of rotatable bonds is 7. The Balaban J connectivity index is 1.55. The summed E-state index contributed by atoms with van der Waals surface area (Å²) < 4.78 is 11.9. The van der Waals surface area contributed by atoms with Crippen LogP contribution in [-0.2, 0) is 16.0 Å². The van der Waals surface area contributed by atoms with Crippen molar-refractivity contribution in [2.75, 3.05) is 20.3 Å². The summed E-state index contributed by atoms with van der Waals surface area (Å²) in [6.07, 6.45) is 8.14. The number of fused-ring (bicyclic) bond motifs is 3. The van der Waals surface area contributed by atoms with Crippen molar-refractivity contribution in [1.82, 2.24) is 15.3 Å². The van der Waals surface area contributed by atoms with Gasteiger partial charge < -0.3 is 20.5 Å². The third kappa shape index (κ3) is 3.93. The Hall–Kier alpha value is -1.77. The number of primary amides is 1. The fraction of sp³-hybridized carbons (Fsp3) is 0.632. The standard InChI is InChI=1S/C19H26N4O3S/c1-21-12-3-5-13(6-4-12)26-18-17-16-11(8-25-9-15(20)24)2-7-14(16)27-19(17)23-10-22-18/h10-13,21H,2-9H2,1H3,(H2,20,24)/t11-,12?,13?/m1/s1. The molecule has 1 fully saturated rings. The Kier molecular flexibility index (Phi) is 5.56. The maximum atomic E-state index is 11.0. The van der Waals surface area contributed by atoms with Gasteiger partial charge in [-0.3, -0.25) is 4.79 Å². The Bertz CT molecular complexity index is 817. The molecule has 0 saturated heterocycles. The molecule has 2 heterocycles. The van der Waals surface area contributed by atoms with E-state index in [0.717, 1.165) is 48.7 Å². The van der Waals surface area contributed by atoms with E-state index in [1.807, 2.05) is 7.05 Å². The molecule has 3 N–H and O–H groups in total. The van der Waals surface area contributed by atoms with Crippen LogP contribution >= 0.6 is 11.3 Å². The Morgan fingerprint density at radius 1 is 1.30 bits per heavy atom. The number of aromatic nitrogens is 2. The second-order valence-corrected chi connectivity index (χ2v) is 8.48. The normalized spacial score (nSPS) is 24.9. The molecule has 27 heavy (non-hydrogen) atoms. The molecule has 8 heteroatoms. The van der Waals surface area contributed by atoms with Crippen molar-refractivity contribution in [3.05, 3.63) is 16.8 Å². The first-order valence-corrected chi connectivity index (χ1v) is 10.4. The molecule has 146 valence electrons. The van der Waals surface area contributed by atoms with Gasteiger partial charge in [-0.05, 0) is 51.1 Å². The second-order valence-electron chi connectivity index (χ2n) is 7.40. The van der Waals surface area contributed by atoms with Crippen LogP contribution in [0.3, 0.4) is 0 Å². The van der Waals surface area contributed by atoms with E-state index in [1.54, 1.807) is 17.7 Å². The number of nitrogens with two attached hydrogens (primary N) is 1. The number of hydrogen-bond acceptors (Lipinski definition) is 7. The van der Waals surface area contributed by atoms with Gasteiger partial charge in [0.15, 0.2) is 0 Å². The lowest BCUT2D eigenvalue weighted by Crippen LogP contribution is -2.34. The highest BCUT2D eigenvalue weighted by molar-refractivity contribution is 7.19. The molecule has 7 nitrogen and oxygen atoms in total. The number of aryl methyl sites for hydroxylation is 1. The summed E-state index contributed by atoms with van der Waals surface area (Å²) >= 11 is 1.72. The van der Waals surface area contributed by atoms with Crippen LogP contribution in [0.25, 0.3) is 10.2 Å². The molecule has 2 aromatic rings. The topological polar surface area (TPSA) is 99.4 Å². The number of carbonyl (C=O) groups excluding carboxylic acids is 1. The van der Waals surface area contributed by atoms with E-state index in [-0.39, 0.29) is 18.6 Å². The molecule has 0 aliphatic heterocycles. The smallest absolute Gasteiger partial charge is 0.243 e. The van der Waals surface area contributed by atoms with E-state index in [2.05, 4.69) is 15.3 Å². The van der Waals surface area contributed by atoms with Gasteiger partial charge >= 0.3 is 0 Å². The lowest BCUT2D eigenvalue weighted by Gasteiger charge is -2.28. The zero-order valence-electron chi connectivity index (χ0n) is 15.6. The molecule has 1 saturated carbocycles. The SMILES string of the molecule is CNC1CCC(Oc2ncnc3sc4c(c23)[C@@H](COCC(N)=O)CC4)CC1. The first kappa shape index (κ1) is 18.6. The van der Waals surface area contributed by atoms with Crippen molar-refractivity contribution in [3.63, 3.8) is 0 Å². The van der Waals surface area contributed by atoms with Crippen molar-refractivity contribution < 1.29 is 14.3 Å². The summed E-state index contributed by atoms with van der Waals surface area (Å²) in [5.74, 6) is 0.501. The molecule has 1 amide bonds. The predicted molar refractivity (Wildman–Crippen MR) is 104 cm³/mol. The van der Waals surface area contributed by atoms with Gasteiger partial charge in [-0.15, -0.1) is 11.3 Å². The van der Waals surface area contributed by atoms with Crippen LogP contribution < -0.4 is 15.8 Å². The first-order valence-electron chi connectivity index (χ1n) is 9.62. The summed E-state index contributed by atoms with van der Waals surface area (Å²) in [6, 6.07) is 0.590. The van der Waals surface area contributed by atoms with Crippen LogP contribution in [0.15, 0.2) is 6.33 Å². The minimum absolute atomic E-state index is 0.0392. The van der Waals surface area contributed by atoms with Gasteiger partial charge in [0.25, 0.3) is 0 Å². The van der Waals surface area contributed by atoms with E-state index >= 15 is 0 Å². The molecule has 2 aliphatic rings. The van der Waals surface area contributed by atoms with Crippen LogP contribution in [0.1, 0.15) is 48.5 Å². The molecule has 2 aliphatic carbocycles. The van der Waals surface area contributed by atoms with Crippen LogP contribution in [0.5, 0.6) is 5.88 Å². The number of nitrogens with one attached hydrogen (secondary N) is 1. The lowest BCUT2D eigenvalue weighted by atomic mass is 9.93.